The first-order valence-corrected chi connectivity index (χ1v) is 3.58. The van der Waals surface area contributed by atoms with Crippen molar-refractivity contribution >= 4 is 5.97 Å². The van der Waals surface area contributed by atoms with E-state index in [4.69, 9.17) is 5.73 Å². The summed E-state index contributed by atoms with van der Waals surface area (Å²) in [5.41, 5.74) is 4.72. The average Bonchev–Trinajstić information content (AvgIpc) is 2.63. The highest BCUT2D eigenvalue weighted by atomic mass is 19.1. The van der Waals surface area contributed by atoms with Crippen molar-refractivity contribution in [2.45, 2.75) is 18.4 Å². The van der Waals surface area contributed by atoms with Gasteiger partial charge in [-0.25, -0.2) is 0 Å². The Morgan fingerprint density at radius 1 is 1.91 bits per heavy atom. The van der Waals surface area contributed by atoms with Gasteiger partial charge >= 0.3 is 5.97 Å². The minimum atomic E-state index is -0.874. The molecule has 0 aromatic carbocycles. The molecule has 0 amide bonds. The summed E-state index contributed by atoms with van der Waals surface area (Å²) in [7, 11) is 1.29. The molecule has 4 heteroatoms. The molecule has 1 saturated carbocycles. The van der Waals surface area contributed by atoms with Crippen molar-refractivity contribution in [2.24, 2.45) is 11.7 Å². The van der Waals surface area contributed by atoms with Crippen molar-refractivity contribution < 1.29 is 13.9 Å². The molecule has 11 heavy (non-hydrogen) atoms. The van der Waals surface area contributed by atoms with Gasteiger partial charge < -0.3 is 10.5 Å². The van der Waals surface area contributed by atoms with E-state index >= 15 is 0 Å². The van der Waals surface area contributed by atoms with E-state index in [1.54, 1.807) is 0 Å². The van der Waals surface area contributed by atoms with E-state index in [1.165, 1.54) is 7.11 Å². The van der Waals surface area contributed by atoms with Crippen LogP contribution in [0.5, 0.6) is 0 Å². The summed E-state index contributed by atoms with van der Waals surface area (Å²) in [5.74, 6) is -0.434. The van der Waals surface area contributed by atoms with E-state index in [2.05, 4.69) is 4.74 Å². The summed E-state index contributed by atoms with van der Waals surface area (Å²) < 4.78 is 16.3. The molecule has 1 aliphatic rings. The van der Waals surface area contributed by atoms with E-state index in [0.717, 1.165) is 0 Å². The van der Waals surface area contributed by atoms with Gasteiger partial charge in [-0.1, -0.05) is 0 Å². The van der Waals surface area contributed by atoms with Gasteiger partial charge in [-0.3, -0.25) is 9.18 Å². The lowest BCUT2D eigenvalue weighted by molar-refractivity contribution is -0.143. The van der Waals surface area contributed by atoms with E-state index in [1.807, 2.05) is 0 Å². The quantitative estimate of drug-likeness (QED) is 0.603. The maximum absolute atomic E-state index is 11.8. The van der Waals surface area contributed by atoms with Gasteiger partial charge in [0.2, 0.25) is 0 Å². The first-order valence-electron chi connectivity index (χ1n) is 3.58. The van der Waals surface area contributed by atoms with E-state index in [-0.39, 0.29) is 5.92 Å². The Labute approximate surface area is 64.7 Å². The lowest BCUT2D eigenvalue weighted by Crippen LogP contribution is -2.36. The van der Waals surface area contributed by atoms with Gasteiger partial charge in [0.25, 0.3) is 0 Å². The van der Waals surface area contributed by atoms with Crippen molar-refractivity contribution in [3.63, 3.8) is 0 Å². The Morgan fingerprint density at radius 2 is 2.55 bits per heavy atom. The molecule has 0 aromatic rings. The van der Waals surface area contributed by atoms with E-state index in [0.29, 0.717) is 12.8 Å². The molecule has 64 valence electrons. The zero-order valence-corrected chi connectivity index (χ0v) is 6.47. The number of alkyl halides is 1. The second-order valence-electron chi connectivity index (χ2n) is 2.91. The van der Waals surface area contributed by atoms with E-state index < -0.39 is 18.2 Å². The summed E-state index contributed by atoms with van der Waals surface area (Å²) in [4.78, 5) is 10.9. The molecule has 1 rings (SSSR count). The maximum Gasteiger partial charge on any atom is 0.326 e. The Morgan fingerprint density at radius 3 is 3.00 bits per heavy atom. The van der Waals surface area contributed by atoms with Crippen LogP contribution in [0.15, 0.2) is 0 Å². The number of rotatable bonds is 3. The molecular formula is C7H12FNO2. The first kappa shape index (κ1) is 8.46. The molecule has 1 aliphatic carbocycles. The van der Waals surface area contributed by atoms with Crippen molar-refractivity contribution in [1.29, 1.82) is 0 Å². The Hall–Kier alpha value is -0.640. The first-order chi connectivity index (χ1) is 5.15. The molecule has 1 fully saturated rings. The number of ether oxygens (including phenoxy) is 1. The van der Waals surface area contributed by atoms with Crippen LogP contribution in [-0.4, -0.2) is 25.3 Å². The second kappa shape index (κ2) is 2.77. The standard InChI is InChI=1S/C7H12FNO2/c1-11-6(10)7(9)4-5(7)2-3-8/h5H,2-4,9H2,1H3. The van der Waals surface area contributed by atoms with Gasteiger partial charge in [-0.05, 0) is 18.8 Å². The van der Waals surface area contributed by atoms with Crippen LogP contribution in [-0.2, 0) is 9.53 Å². The third-order valence-electron chi connectivity index (χ3n) is 2.18. The van der Waals surface area contributed by atoms with Crippen LogP contribution in [0.4, 0.5) is 4.39 Å². The van der Waals surface area contributed by atoms with Crippen LogP contribution in [0.2, 0.25) is 0 Å². The molecule has 0 heterocycles. The predicted octanol–water partition coefficient (Wildman–Crippen LogP) is 0.236. The molecule has 3 nitrogen and oxygen atoms in total. The zero-order valence-electron chi connectivity index (χ0n) is 6.47. The second-order valence-corrected chi connectivity index (χ2v) is 2.91. The molecule has 0 aromatic heterocycles. The summed E-state index contributed by atoms with van der Waals surface area (Å²) in [6.45, 7) is -0.416. The SMILES string of the molecule is COC(=O)C1(N)CC1CCF. The number of hydrogen-bond acceptors (Lipinski definition) is 3. The maximum atomic E-state index is 11.8. The Bertz CT molecular complexity index is 174. The average molecular weight is 161 g/mol. The number of halogens is 1. The van der Waals surface area contributed by atoms with Gasteiger partial charge in [-0.15, -0.1) is 0 Å². The summed E-state index contributed by atoms with van der Waals surface area (Å²) in [5, 5.41) is 0. The topological polar surface area (TPSA) is 52.3 Å². The number of carbonyl (C=O) groups is 1. The summed E-state index contributed by atoms with van der Waals surface area (Å²) in [6.07, 6.45) is 0.926. The fourth-order valence-corrected chi connectivity index (χ4v) is 1.28. The number of methoxy groups -OCH3 is 1. The van der Waals surface area contributed by atoms with Crippen LogP contribution in [0.3, 0.4) is 0 Å². The Balaban J connectivity index is 2.42. The normalized spacial score (nSPS) is 35.0. The third kappa shape index (κ3) is 1.35. The molecule has 0 saturated heterocycles. The zero-order chi connectivity index (χ0) is 8.48. The highest BCUT2D eigenvalue weighted by molar-refractivity contribution is 5.84. The number of esters is 1. The summed E-state index contributed by atoms with van der Waals surface area (Å²) in [6, 6.07) is 0. The van der Waals surface area contributed by atoms with Gasteiger partial charge in [-0.2, -0.15) is 0 Å². The minimum absolute atomic E-state index is 0.0139. The van der Waals surface area contributed by atoms with Crippen LogP contribution in [0, 0.1) is 5.92 Å². The number of nitrogens with two attached hydrogens (primary N) is 1. The van der Waals surface area contributed by atoms with Gasteiger partial charge in [0.05, 0.1) is 13.8 Å². The largest absolute Gasteiger partial charge is 0.468 e. The highest BCUT2D eigenvalue weighted by Crippen LogP contribution is 2.44. The van der Waals surface area contributed by atoms with Gasteiger partial charge in [0, 0.05) is 0 Å². The van der Waals surface area contributed by atoms with Crippen LogP contribution >= 0.6 is 0 Å². The lowest BCUT2D eigenvalue weighted by atomic mass is 10.2. The highest BCUT2D eigenvalue weighted by Gasteiger charge is 2.57. The molecule has 2 N–H and O–H groups in total. The van der Waals surface area contributed by atoms with Crippen LogP contribution < -0.4 is 5.73 Å². The molecule has 0 spiro atoms. The van der Waals surface area contributed by atoms with Crippen LogP contribution in [0.25, 0.3) is 0 Å². The molecule has 0 radical (unpaired) electrons. The predicted molar refractivity (Wildman–Crippen MR) is 37.6 cm³/mol. The fourth-order valence-electron chi connectivity index (χ4n) is 1.28. The molecule has 2 atom stereocenters. The number of hydrogen-bond donors (Lipinski definition) is 1. The van der Waals surface area contributed by atoms with Crippen LogP contribution in [0.1, 0.15) is 12.8 Å². The van der Waals surface area contributed by atoms with Crippen molar-refractivity contribution in [1.82, 2.24) is 0 Å². The van der Waals surface area contributed by atoms with Crippen molar-refractivity contribution in [3.8, 4) is 0 Å². The van der Waals surface area contributed by atoms with Crippen molar-refractivity contribution in [3.05, 3.63) is 0 Å². The van der Waals surface area contributed by atoms with E-state index in [9.17, 15) is 9.18 Å². The monoisotopic (exact) mass is 161 g/mol. The molecule has 0 bridgehead atoms. The number of carbonyl (C=O) groups excluding carboxylic acids is 1. The smallest absolute Gasteiger partial charge is 0.326 e. The lowest BCUT2D eigenvalue weighted by Gasteiger charge is -2.06. The van der Waals surface area contributed by atoms with Gasteiger partial charge in [0.1, 0.15) is 5.54 Å². The van der Waals surface area contributed by atoms with Gasteiger partial charge in [0.15, 0.2) is 0 Å². The third-order valence-corrected chi connectivity index (χ3v) is 2.18. The van der Waals surface area contributed by atoms with Crippen molar-refractivity contribution in [2.75, 3.05) is 13.8 Å². The molecular weight excluding hydrogens is 149 g/mol. The fraction of sp³-hybridized carbons (Fsp3) is 0.857. The minimum Gasteiger partial charge on any atom is -0.468 e. The molecule has 2 unspecified atom stereocenters. The molecule has 0 aliphatic heterocycles. The Kier molecular flexibility index (Phi) is 2.13. The summed E-state index contributed by atoms with van der Waals surface area (Å²) >= 11 is 0.